The van der Waals surface area contributed by atoms with Gasteiger partial charge in [0, 0.05) is 30.7 Å². The van der Waals surface area contributed by atoms with Crippen LogP contribution in [-0.2, 0) is 11.3 Å². The highest BCUT2D eigenvalue weighted by Crippen LogP contribution is 2.53. The molecule has 5 saturated carbocycles. The number of hydrogen-bond donors (Lipinski definition) is 2. The lowest BCUT2D eigenvalue weighted by atomic mass is 9.54. The zero-order valence-electron chi connectivity index (χ0n) is 23.7. The van der Waals surface area contributed by atoms with Crippen LogP contribution in [-0.4, -0.2) is 58.3 Å². The lowest BCUT2D eigenvalue weighted by Crippen LogP contribution is -2.55. The van der Waals surface area contributed by atoms with Crippen LogP contribution in [0, 0.1) is 29.6 Å². The number of carbonyl (C=O) groups excluding carboxylic acids is 2. The van der Waals surface area contributed by atoms with E-state index in [1.807, 2.05) is 17.9 Å². The Morgan fingerprint density at radius 3 is 2.36 bits per heavy atom. The van der Waals surface area contributed by atoms with Crippen molar-refractivity contribution in [3.05, 3.63) is 23.4 Å². The van der Waals surface area contributed by atoms with Crippen LogP contribution in [0.25, 0.3) is 0 Å². The Morgan fingerprint density at radius 1 is 1.03 bits per heavy atom. The van der Waals surface area contributed by atoms with E-state index in [-0.39, 0.29) is 23.9 Å². The predicted octanol–water partition coefficient (Wildman–Crippen LogP) is 4.29. The summed E-state index contributed by atoms with van der Waals surface area (Å²) in [6, 6.07) is 0.465. The zero-order chi connectivity index (χ0) is 26.9. The minimum Gasteiger partial charge on any atom is -0.477 e. The van der Waals surface area contributed by atoms with E-state index in [2.05, 4.69) is 10.4 Å². The average molecular weight is 538 g/mol. The summed E-state index contributed by atoms with van der Waals surface area (Å²) in [5.41, 5.74) is 7.24. The maximum absolute atomic E-state index is 13.7. The molecule has 2 amide bonds. The first-order valence-corrected chi connectivity index (χ1v) is 15.7. The van der Waals surface area contributed by atoms with Crippen molar-refractivity contribution in [2.75, 3.05) is 19.7 Å². The van der Waals surface area contributed by atoms with Crippen LogP contribution in [0.5, 0.6) is 5.88 Å². The standard InChI is InChI=1S/C31H47N5O3/c1-20(30(38)35-10-8-26(32)9-11-35)7-12-36-31(39-19-21-5-3-2-4-6-21)27(18-33-36)29(37)34-28-24-14-22-13-23(16-24)17-25(28)15-22/h7,18,21-26,28H,2-6,8-17,19,32H2,1H3,(H,34,37)/b20-7+. The maximum Gasteiger partial charge on any atom is 0.258 e. The molecule has 6 aliphatic rings. The number of allylic oxidation sites excluding steroid dienone is 1. The van der Waals surface area contributed by atoms with E-state index in [0.29, 0.717) is 61.0 Å². The topological polar surface area (TPSA) is 102 Å². The second-order valence-electron chi connectivity index (χ2n) is 13.3. The first-order valence-electron chi connectivity index (χ1n) is 15.7. The molecule has 7 rings (SSSR count). The van der Waals surface area contributed by atoms with E-state index in [4.69, 9.17) is 10.5 Å². The van der Waals surface area contributed by atoms with E-state index >= 15 is 0 Å². The number of carbonyl (C=O) groups is 2. The molecule has 214 valence electrons. The number of piperidine rings is 1. The van der Waals surface area contributed by atoms with Crippen LogP contribution >= 0.6 is 0 Å². The largest absolute Gasteiger partial charge is 0.477 e. The van der Waals surface area contributed by atoms with E-state index in [1.54, 1.807) is 10.9 Å². The van der Waals surface area contributed by atoms with Gasteiger partial charge in [-0.3, -0.25) is 9.59 Å². The summed E-state index contributed by atoms with van der Waals surface area (Å²) >= 11 is 0. The third-order valence-corrected chi connectivity index (χ3v) is 10.5. The predicted molar refractivity (Wildman–Crippen MR) is 150 cm³/mol. The van der Waals surface area contributed by atoms with Gasteiger partial charge < -0.3 is 20.7 Å². The molecule has 3 N–H and O–H groups in total. The number of amides is 2. The van der Waals surface area contributed by atoms with Gasteiger partial charge in [0.25, 0.3) is 5.91 Å². The van der Waals surface area contributed by atoms with Crippen molar-refractivity contribution < 1.29 is 14.3 Å². The summed E-state index contributed by atoms with van der Waals surface area (Å²) in [5, 5.41) is 8.02. The molecule has 0 radical (unpaired) electrons. The van der Waals surface area contributed by atoms with Crippen molar-refractivity contribution in [2.45, 2.75) is 103 Å². The molecule has 4 bridgehead atoms. The normalized spacial score (nSPS) is 31.5. The highest BCUT2D eigenvalue weighted by atomic mass is 16.5. The number of ether oxygens (including phenoxy) is 1. The van der Waals surface area contributed by atoms with Crippen molar-refractivity contribution in [3.63, 3.8) is 0 Å². The van der Waals surface area contributed by atoms with Crippen molar-refractivity contribution in [1.82, 2.24) is 20.0 Å². The quantitative estimate of drug-likeness (QED) is 0.482. The molecular weight excluding hydrogens is 490 g/mol. The van der Waals surface area contributed by atoms with E-state index in [0.717, 1.165) is 24.7 Å². The van der Waals surface area contributed by atoms with Crippen LogP contribution in [0.15, 0.2) is 17.8 Å². The average Bonchev–Trinajstić information content (AvgIpc) is 3.35. The molecule has 0 atom stereocenters. The van der Waals surface area contributed by atoms with Crippen LogP contribution in [0.4, 0.5) is 0 Å². The highest BCUT2D eigenvalue weighted by molar-refractivity contribution is 5.96. The Hall–Kier alpha value is -2.35. The SMILES string of the molecule is C/C(=C\Cn1ncc(C(=O)NC2C3CC4CC(C3)CC2C4)c1OCC1CCCCC1)C(=O)N1CCC(N)CC1. The van der Waals surface area contributed by atoms with Gasteiger partial charge in [-0.05, 0) is 94.3 Å². The van der Waals surface area contributed by atoms with Gasteiger partial charge >= 0.3 is 0 Å². The fourth-order valence-corrected chi connectivity index (χ4v) is 8.42. The van der Waals surface area contributed by atoms with Crippen molar-refractivity contribution in [1.29, 1.82) is 0 Å². The second-order valence-corrected chi connectivity index (χ2v) is 13.3. The Bertz CT molecular complexity index is 1040. The smallest absolute Gasteiger partial charge is 0.258 e. The van der Waals surface area contributed by atoms with Crippen LogP contribution in [0.3, 0.4) is 0 Å². The van der Waals surface area contributed by atoms with Gasteiger partial charge in [-0.25, -0.2) is 4.68 Å². The minimum atomic E-state index is -0.0567. The first-order chi connectivity index (χ1) is 18.9. The number of nitrogens with two attached hydrogens (primary N) is 1. The molecule has 1 saturated heterocycles. The van der Waals surface area contributed by atoms with Crippen LogP contribution in [0.2, 0.25) is 0 Å². The van der Waals surface area contributed by atoms with Crippen molar-refractivity contribution in [2.24, 2.45) is 35.3 Å². The number of rotatable bonds is 8. The Morgan fingerprint density at radius 2 is 1.69 bits per heavy atom. The molecule has 0 aromatic carbocycles. The third kappa shape index (κ3) is 5.91. The molecule has 0 unspecified atom stereocenters. The Kier molecular flexibility index (Phi) is 8.01. The summed E-state index contributed by atoms with van der Waals surface area (Å²) < 4.78 is 8.16. The number of aromatic nitrogens is 2. The molecule has 5 aliphatic carbocycles. The summed E-state index contributed by atoms with van der Waals surface area (Å²) in [4.78, 5) is 28.6. The summed E-state index contributed by atoms with van der Waals surface area (Å²) in [6.07, 6.45) is 17.9. The van der Waals surface area contributed by atoms with Crippen LogP contribution in [0.1, 0.15) is 94.3 Å². The number of hydrogen-bond acceptors (Lipinski definition) is 5. The first kappa shape index (κ1) is 26.9. The lowest BCUT2D eigenvalue weighted by Gasteiger charge is -2.54. The summed E-state index contributed by atoms with van der Waals surface area (Å²) in [6.45, 7) is 4.29. The van der Waals surface area contributed by atoms with Gasteiger partial charge in [0.15, 0.2) is 0 Å². The molecule has 6 fully saturated rings. The number of nitrogens with one attached hydrogen (secondary N) is 1. The van der Waals surface area contributed by atoms with Gasteiger partial charge in [-0.2, -0.15) is 5.10 Å². The summed E-state index contributed by atoms with van der Waals surface area (Å²) in [5.74, 6) is 4.04. The van der Waals surface area contributed by atoms with Gasteiger partial charge in [0.2, 0.25) is 11.8 Å². The van der Waals surface area contributed by atoms with E-state index < -0.39 is 0 Å². The summed E-state index contributed by atoms with van der Waals surface area (Å²) in [7, 11) is 0. The van der Waals surface area contributed by atoms with Crippen molar-refractivity contribution in [3.8, 4) is 5.88 Å². The van der Waals surface area contributed by atoms with Gasteiger partial charge in [0.05, 0.1) is 19.3 Å². The molecule has 1 aromatic rings. The van der Waals surface area contributed by atoms with Crippen LogP contribution < -0.4 is 15.8 Å². The fraction of sp³-hybridized carbons (Fsp3) is 0.774. The number of likely N-dealkylation sites (tertiary alicyclic amines) is 1. The molecule has 39 heavy (non-hydrogen) atoms. The second kappa shape index (κ2) is 11.6. The highest BCUT2D eigenvalue weighted by Gasteiger charge is 2.48. The zero-order valence-corrected chi connectivity index (χ0v) is 23.7. The van der Waals surface area contributed by atoms with Gasteiger partial charge in [-0.1, -0.05) is 25.3 Å². The molecule has 0 spiro atoms. The van der Waals surface area contributed by atoms with Gasteiger partial charge in [0.1, 0.15) is 5.56 Å². The fourth-order valence-electron chi connectivity index (χ4n) is 8.42. The van der Waals surface area contributed by atoms with E-state index in [1.165, 1.54) is 64.2 Å². The monoisotopic (exact) mass is 537 g/mol. The molecule has 1 aliphatic heterocycles. The van der Waals surface area contributed by atoms with Crippen molar-refractivity contribution >= 4 is 11.8 Å². The third-order valence-electron chi connectivity index (χ3n) is 10.5. The molecule has 2 heterocycles. The maximum atomic E-state index is 13.7. The van der Waals surface area contributed by atoms with Gasteiger partial charge in [-0.15, -0.1) is 0 Å². The number of nitrogens with zero attached hydrogens (tertiary/aromatic N) is 3. The van der Waals surface area contributed by atoms with E-state index in [9.17, 15) is 9.59 Å². The lowest BCUT2D eigenvalue weighted by molar-refractivity contribution is -0.128. The Balaban J connectivity index is 1.16. The molecular formula is C31H47N5O3. The molecule has 8 nitrogen and oxygen atoms in total. The molecule has 1 aromatic heterocycles. The Labute approximate surface area is 233 Å². The minimum absolute atomic E-state index is 0.0542. The molecule has 8 heteroatoms.